The summed E-state index contributed by atoms with van der Waals surface area (Å²) in [5.41, 5.74) is -0.327. The van der Waals surface area contributed by atoms with Gasteiger partial charge in [-0.05, 0) is 38.1 Å². The molecule has 146 valence electrons. The van der Waals surface area contributed by atoms with Gasteiger partial charge in [-0.25, -0.2) is 4.99 Å². The Kier molecular flexibility index (Phi) is 9.83. The third kappa shape index (κ3) is 9.31. The molecule has 0 aromatic heterocycles. The van der Waals surface area contributed by atoms with Crippen molar-refractivity contribution < 1.29 is 9.53 Å². The average Bonchev–Trinajstić information content (AvgIpc) is 2.61. The molecule has 1 aromatic rings. The summed E-state index contributed by atoms with van der Waals surface area (Å²) < 4.78 is 5.41. The fourth-order valence-corrected chi connectivity index (χ4v) is 2.59. The predicted octanol–water partition coefficient (Wildman–Crippen LogP) is 2.48. The molecule has 0 atom stereocenters. The summed E-state index contributed by atoms with van der Waals surface area (Å²) in [6, 6.07) is 7.76. The average molecular weight is 401 g/mol. The maximum Gasteiger partial charge on any atom is 0.243 e. The predicted molar refractivity (Wildman–Crippen MR) is 110 cm³/mol. The number of carbonyl (C=O) groups is 1. The van der Waals surface area contributed by atoms with Gasteiger partial charge in [0, 0.05) is 50.0 Å². The van der Waals surface area contributed by atoms with E-state index in [1.54, 1.807) is 33.0 Å². The minimum absolute atomic E-state index is 0.0485. The number of benzene rings is 1. The van der Waals surface area contributed by atoms with E-state index in [1.807, 2.05) is 38.1 Å². The van der Waals surface area contributed by atoms with E-state index in [4.69, 9.17) is 16.3 Å². The number of nitrogens with zero attached hydrogens (tertiary/aromatic N) is 2. The number of nitrogens with one attached hydrogen (secondary N) is 2. The Morgan fingerprint density at radius 3 is 2.50 bits per heavy atom. The molecule has 0 saturated heterocycles. The first kappa shape index (κ1) is 22.6. The van der Waals surface area contributed by atoms with Gasteiger partial charge in [0.25, 0.3) is 0 Å². The summed E-state index contributed by atoms with van der Waals surface area (Å²) in [6.45, 7) is 5.36. The van der Waals surface area contributed by atoms with Crippen molar-refractivity contribution in [2.45, 2.75) is 24.3 Å². The first-order valence-corrected chi connectivity index (χ1v) is 9.76. The molecule has 0 radical (unpaired) electrons. The molecule has 0 spiro atoms. The number of methoxy groups -OCH3 is 1. The van der Waals surface area contributed by atoms with E-state index in [-0.39, 0.29) is 18.1 Å². The number of hydrogen-bond donors (Lipinski definition) is 2. The highest BCUT2D eigenvalue weighted by molar-refractivity contribution is 7.99. The summed E-state index contributed by atoms with van der Waals surface area (Å²) in [6.07, 6.45) is 0. The van der Waals surface area contributed by atoms with Gasteiger partial charge in [-0.2, -0.15) is 0 Å². The van der Waals surface area contributed by atoms with Gasteiger partial charge in [0.2, 0.25) is 5.91 Å². The molecule has 0 aliphatic heterocycles. The van der Waals surface area contributed by atoms with Crippen LogP contribution < -0.4 is 10.6 Å². The number of hydrogen-bond acceptors (Lipinski definition) is 4. The lowest BCUT2D eigenvalue weighted by Gasteiger charge is -2.24. The van der Waals surface area contributed by atoms with Crippen LogP contribution in [0.2, 0.25) is 5.02 Å². The fraction of sp³-hybridized carbons (Fsp3) is 0.556. The molecule has 1 amide bonds. The van der Waals surface area contributed by atoms with Gasteiger partial charge >= 0.3 is 0 Å². The van der Waals surface area contributed by atoms with Crippen LogP contribution in [0.4, 0.5) is 0 Å². The van der Waals surface area contributed by atoms with Crippen LogP contribution in [0.3, 0.4) is 0 Å². The Morgan fingerprint density at radius 2 is 1.92 bits per heavy atom. The summed E-state index contributed by atoms with van der Waals surface area (Å²) in [5.74, 6) is 1.41. The summed E-state index contributed by atoms with van der Waals surface area (Å²) >= 11 is 7.62. The molecule has 2 N–H and O–H groups in total. The number of aliphatic imine (C=N–C) groups is 1. The van der Waals surface area contributed by atoms with Crippen molar-refractivity contribution in [3.8, 4) is 0 Å². The monoisotopic (exact) mass is 400 g/mol. The number of amides is 1. The quantitative estimate of drug-likeness (QED) is 0.288. The molecule has 0 aliphatic rings. The third-order valence-corrected chi connectivity index (χ3v) is 4.85. The second-order valence-corrected chi connectivity index (χ2v) is 8.10. The minimum Gasteiger partial charge on any atom is -0.377 e. The molecule has 0 fully saturated rings. The van der Waals surface area contributed by atoms with E-state index in [1.165, 1.54) is 4.90 Å². The summed E-state index contributed by atoms with van der Waals surface area (Å²) in [7, 11) is 5.11. The van der Waals surface area contributed by atoms with Crippen molar-refractivity contribution >= 4 is 35.2 Å². The molecule has 8 heteroatoms. The molecule has 1 rings (SSSR count). The summed E-state index contributed by atoms with van der Waals surface area (Å²) in [5, 5.41) is 7.22. The number of guanidine groups is 1. The molecule has 0 saturated carbocycles. The topological polar surface area (TPSA) is 66.0 Å². The smallest absolute Gasteiger partial charge is 0.243 e. The highest BCUT2D eigenvalue weighted by Crippen LogP contribution is 2.19. The van der Waals surface area contributed by atoms with E-state index < -0.39 is 0 Å². The SMILES string of the molecule is COC(C)(C)CNC(=NCC(=O)N(C)C)NCCSc1ccc(Cl)cc1. The number of halogens is 1. The minimum atomic E-state index is -0.327. The van der Waals surface area contributed by atoms with Crippen molar-refractivity contribution in [1.82, 2.24) is 15.5 Å². The summed E-state index contributed by atoms with van der Waals surface area (Å²) in [4.78, 5) is 18.8. The van der Waals surface area contributed by atoms with Crippen molar-refractivity contribution in [2.75, 3.05) is 46.6 Å². The van der Waals surface area contributed by atoms with E-state index in [0.717, 1.165) is 15.7 Å². The lowest BCUT2D eigenvalue weighted by Crippen LogP contribution is -2.46. The molecule has 1 aromatic carbocycles. The zero-order chi connectivity index (χ0) is 19.6. The Hall–Kier alpha value is -1.44. The molecule has 6 nitrogen and oxygen atoms in total. The van der Waals surface area contributed by atoms with E-state index in [0.29, 0.717) is 19.0 Å². The molecule has 0 aliphatic carbocycles. The van der Waals surface area contributed by atoms with Crippen LogP contribution in [0.5, 0.6) is 0 Å². The normalized spacial score (nSPS) is 12.0. The van der Waals surface area contributed by atoms with Crippen LogP contribution in [0.15, 0.2) is 34.2 Å². The number of thioether (sulfide) groups is 1. The van der Waals surface area contributed by atoms with Crippen molar-refractivity contribution in [1.29, 1.82) is 0 Å². The van der Waals surface area contributed by atoms with Crippen LogP contribution in [0.1, 0.15) is 13.8 Å². The van der Waals surface area contributed by atoms with Crippen LogP contribution in [0.25, 0.3) is 0 Å². The number of rotatable bonds is 9. The van der Waals surface area contributed by atoms with Crippen molar-refractivity contribution in [2.24, 2.45) is 4.99 Å². The van der Waals surface area contributed by atoms with Crippen LogP contribution in [0, 0.1) is 0 Å². The highest BCUT2D eigenvalue weighted by atomic mass is 35.5. The number of likely N-dealkylation sites (N-methyl/N-ethyl adjacent to an activating group) is 1. The first-order valence-electron chi connectivity index (χ1n) is 8.39. The van der Waals surface area contributed by atoms with Crippen molar-refractivity contribution in [3.05, 3.63) is 29.3 Å². The maximum atomic E-state index is 11.8. The maximum absolute atomic E-state index is 11.8. The van der Waals surface area contributed by atoms with Crippen LogP contribution >= 0.6 is 23.4 Å². The zero-order valence-corrected chi connectivity index (χ0v) is 17.7. The third-order valence-electron chi connectivity index (χ3n) is 3.58. The lowest BCUT2D eigenvalue weighted by molar-refractivity contribution is -0.127. The van der Waals surface area contributed by atoms with Crippen LogP contribution in [-0.2, 0) is 9.53 Å². The van der Waals surface area contributed by atoms with Gasteiger partial charge in [-0.15, -0.1) is 11.8 Å². The van der Waals surface area contributed by atoms with Gasteiger partial charge in [0.1, 0.15) is 6.54 Å². The van der Waals surface area contributed by atoms with Gasteiger partial charge < -0.3 is 20.3 Å². The molecular formula is C18H29ClN4O2S. The standard InChI is InChI=1S/C18H29ClN4O2S/c1-18(2,25-5)13-22-17(21-12-16(24)23(3)4)20-10-11-26-15-8-6-14(19)7-9-15/h6-9H,10-13H2,1-5H3,(H2,20,21,22). The molecular weight excluding hydrogens is 372 g/mol. The van der Waals surface area contributed by atoms with Crippen LogP contribution in [-0.4, -0.2) is 69.0 Å². The molecule has 0 bridgehead atoms. The number of carbonyl (C=O) groups excluding carboxylic acids is 1. The van der Waals surface area contributed by atoms with E-state index in [2.05, 4.69) is 15.6 Å². The Labute approximate surface area is 165 Å². The van der Waals surface area contributed by atoms with E-state index in [9.17, 15) is 4.79 Å². The Bertz CT molecular complexity index is 591. The molecule has 0 heterocycles. The lowest BCUT2D eigenvalue weighted by atomic mass is 10.1. The number of ether oxygens (including phenoxy) is 1. The largest absolute Gasteiger partial charge is 0.377 e. The molecule has 26 heavy (non-hydrogen) atoms. The Balaban J connectivity index is 2.53. The Morgan fingerprint density at radius 1 is 1.27 bits per heavy atom. The first-order chi connectivity index (χ1) is 12.2. The van der Waals surface area contributed by atoms with Gasteiger partial charge in [-0.3, -0.25) is 4.79 Å². The fourth-order valence-electron chi connectivity index (χ4n) is 1.70. The zero-order valence-electron chi connectivity index (χ0n) is 16.1. The van der Waals surface area contributed by atoms with Gasteiger partial charge in [0.15, 0.2) is 5.96 Å². The second-order valence-electron chi connectivity index (χ2n) is 6.50. The highest BCUT2D eigenvalue weighted by Gasteiger charge is 2.16. The van der Waals surface area contributed by atoms with E-state index >= 15 is 0 Å². The van der Waals surface area contributed by atoms with Gasteiger partial charge in [0.05, 0.1) is 5.60 Å². The van der Waals surface area contributed by atoms with Gasteiger partial charge in [-0.1, -0.05) is 11.6 Å². The molecule has 0 unspecified atom stereocenters. The van der Waals surface area contributed by atoms with Crippen molar-refractivity contribution in [3.63, 3.8) is 0 Å². The second kappa shape index (κ2) is 11.3.